The number of benzene rings is 1. The zero-order valence-electron chi connectivity index (χ0n) is 9.78. The van der Waals surface area contributed by atoms with Gasteiger partial charge in [0.2, 0.25) is 5.82 Å². The molecule has 1 fully saturated rings. The Labute approximate surface area is 106 Å². The average Bonchev–Trinajstić information content (AvgIpc) is 2.84. The van der Waals surface area contributed by atoms with E-state index in [2.05, 4.69) is 10.6 Å². The summed E-state index contributed by atoms with van der Waals surface area (Å²) in [5.74, 6) is -3.20. The lowest BCUT2D eigenvalue weighted by atomic mass is 10.1. The van der Waals surface area contributed by atoms with Crippen molar-refractivity contribution in [1.82, 2.24) is 10.6 Å². The monoisotopic (exact) mass is 271 g/mol. The lowest BCUT2D eigenvalue weighted by Crippen LogP contribution is -2.36. The molecule has 0 aromatic heterocycles. The summed E-state index contributed by atoms with van der Waals surface area (Å²) in [4.78, 5) is 21.3. The van der Waals surface area contributed by atoms with Crippen LogP contribution in [0.1, 0.15) is 16.8 Å². The van der Waals surface area contributed by atoms with E-state index in [4.69, 9.17) is 0 Å². The van der Waals surface area contributed by atoms with Crippen molar-refractivity contribution in [3.8, 4) is 0 Å². The number of carbonyl (C=O) groups excluding carboxylic acids is 1. The molecule has 1 aromatic rings. The van der Waals surface area contributed by atoms with E-state index < -0.39 is 33.7 Å². The molecule has 19 heavy (non-hydrogen) atoms. The molecule has 1 aliphatic heterocycles. The van der Waals surface area contributed by atoms with Crippen molar-refractivity contribution in [3.63, 3.8) is 0 Å². The van der Waals surface area contributed by atoms with Gasteiger partial charge in [0, 0.05) is 12.6 Å². The molecule has 1 atom stereocenters. The molecule has 1 aliphatic rings. The molecule has 0 unspecified atom stereocenters. The van der Waals surface area contributed by atoms with Crippen LogP contribution in [0, 0.1) is 21.7 Å². The molecule has 102 valence electrons. The molecule has 1 aromatic carbocycles. The highest BCUT2D eigenvalue weighted by atomic mass is 19.1. The van der Waals surface area contributed by atoms with Gasteiger partial charge >= 0.3 is 5.69 Å². The smallest absolute Gasteiger partial charge is 0.308 e. The summed E-state index contributed by atoms with van der Waals surface area (Å²) in [6.07, 6.45) is 0.671. The molecule has 6 nitrogen and oxygen atoms in total. The van der Waals surface area contributed by atoms with Crippen LogP contribution in [-0.4, -0.2) is 30.0 Å². The number of carbonyl (C=O) groups is 1. The minimum atomic E-state index is -1.32. The van der Waals surface area contributed by atoms with Crippen LogP contribution in [0.25, 0.3) is 0 Å². The maximum atomic E-state index is 13.7. The van der Waals surface area contributed by atoms with Gasteiger partial charge in [-0.1, -0.05) is 0 Å². The number of halogens is 2. The Hall–Kier alpha value is -2.09. The van der Waals surface area contributed by atoms with Crippen LogP contribution < -0.4 is 10.6 Å². The number of nitrogens with one attached hydrogen (secondary N) is 2. The molecule has 0 radical (unpaired) electrons. The first-order valence-corrected chi connectivity index (χ1v) is 5.64. The Balaban J connectivity index is 2.27. The molecular weight excluding hydrogens is 260 g/mol. The number of amides is 1. The molecule has 1 saturated heterocycles. The van der Waals surface area contributed by atoms with E-state index in [0.717, 1.165) is 6.54 Å². The third kappa shape index (κ3) is 2.84. The van der Waals surface area contributed by atoms with Crippen LogP contribution in [0.5, 0.6) is 0 Å². The van der Waals surface area contributed by atoms with E-state index in [9.17, 15) is 23.7 Å². The second kappa shape index (κ2) is 5.27. The molecule has 0 spiro atoms. The topological polar surface area (TPSA) is 84.3 Å². The Morgan fingerprint density at radius 3 is 2.79 bits per heavy atom. The van der Waals surface area contributed by atoms with Crippen molar-refractivity contribution in [2.45, 2.75) is 12.5 Å². The highest BCUT2D eigenvalue weighted by Crippen LogP contribution is 2.22. The first-order valence-electron chi connectivity index (χ1n) is 5.64. The van der Waals surface area contributed by atoms with Gasteiger partial charge in [-0.25, -0.2) is 4.39 Å². The number of nitro benzene ring substituents is 1. The van der Waals surface area contributed by atoms with E-state index in [0.29, 0.717) is 25.1 Å². The molecule has 2 N–H and O–H groups in total. The standard InChI is InChI=1S/C11H11F2N3O3/c12-6-3-8(10(13)9(4-6)16(18)19)11(17)15-7-1-2-14-5-7/h3-4,7,14H,1-2,5H2,(H,15,17)/t7-/m0/s1. The largest absolute Gasteiger partial charge is 0.348 e. The van der Waals surface area contributed by atoms with Gasteiger partial charge in [0.05, 0.1) is 16.6 Å². The third-order valence-electron chi connectivity index (χ3n) is 2.86. The third-order valence-corrected chi connectivity index (χ3v) is 2.86. The zero-order valence-corrected chi connectivity index (χ0v) is 9.78. The fraction of sp³-hybridized carbons (Fsp3) is 0.364. The summed E-state index contributed by atoms with van der Waals surface area (Å²) < 4.78 is 26.9. The van der Waals surface area contributed by atoms with E-state index >= 15 is 0 Å². The fourth-order valence-corrected chi connectivity index (χ4v) is 1.91. The van der Waals surface area contributed by atoms with Crippen molar-refractivity contribution >= 4 is 11.6 Å². The van der Waals surface area contributed by atoms with Crippen molar-refractivity contribution in [3.05, 3.63) is 39.4 Å². The Morgan fingerprint density at radius 2 is 2.21 bits per heavy atom. The Kier molecular flexibility index (Phi) is 3.70. The highest BCUT2D eigenvalue weighted by Gasteiger charge is 2.26. The Bertz CT molecular complexity index is 530. The molecule has 8 heteroatoms. The van der Waals surface area contributed by atoms with Crippen LogP contribution in [0.3, 0.4) is 0 Å². The lowest BCUT2D eigenvalue weighted by Gasteiger charge is -2.11. The molecule has 1 amide bonds. The van der Waals surface area contributed by atoms with Gasteiger partial charge in [-0.05, 0) is 19.0 Å². The number of rotatable bonds is 3. The number of nitro groups is 1. The van der Waals surface area contributed by atoms with E-state index in [1.807, 2.05) is 0 Å². The average molecular weight is 271 g/mol. The number of hydrogen-bond acceptors (Lipinski definition) is 4. The fourth-order valence-electron chi connectivity index (χ4n) is 1.91. The Morgan fingerprint density at radius 1 is 1.47 bits per heavy atom. The van der Waals surface area contributed by atoms with Crippen molar-refractivity contribution in [2.75, 3.05) is 13.1 Å². The van der Waals surface area contributed by atoms with Crippen LogP contribution in [0.2, 0.25) is 0 Å². The van der Waals surface area contributed by atoms with Gasteiger partial charge in [0.25, 0.3) is 5.91 Å². The molecule has 0 saturated carbocycles. The summed E-state index contributed by atoms with van der Waals surface area (Å²) in [6, 6.07) is 0.915. The van der Waals surface area contributed by atoms with Crippen molar-refractivity contribution in [1.29, 1.82) is 0 Å². The summed E-state index contributed by atoms with van der Waals surface area (Å²) in [7, 11) is 0. The molecule has 1 heterocycles. The van der Waals surface area contributed by atoms with Gasteiger partial charge < -0.3 is 10.6 Å². The summed E-state index contributed by atoms with van der Waals surface area (Å²) >= 11 is 0. The first kappa shape index (κ1) is 13.3. The first-order chi connectivity index (χ1) is 8.99. The summed E-state index contributed by atoms with van der Waals surface area (Å²) in [6.45, 7) is 1.25. The summed E-state index contributed by atoms with van der Waals surface area (Å²) in [5.41, 5.74) is -1.70. The van der Waals surface area contributed by atoms with Crippen molar-refractivity contribution < 1.29 is 18.5 Å². The second-order valence-corrected chi connectivity index (χ2v) is 4.21. The van der Waals surface area contributed by atoms with Crippen LogP contribution in [0.15, 0.2) is 12.1 Å². The molecule has 0 aliphatic carbocycles. The van der Waals surface area contributed by atoms with Crippen LogP contribution in [-0.2, 0) is 0 Å². The number of nitrogens with zero attached hydrogens (tertiary/aromatic N) is 1. The highest BCUT2D eigenvalue weighted by molar-refractivity contribution is 5.95. The maximum absolute atomic E-state index is 13.7. The van der Waals surface area contributed by atoms with Gasteiger partial charge in [-0.15, -0.1) is 0 Å². The molecule has 0 bridgehead atoms. The van der Waals surface area contributed by atoms with Crippen LogP contribution in [0.4, 0.5) is 14.5 Å². The van der Waals surface area contributed by atoms with Gasteiger partial charge in [0.15, 0.2) is 0 Å². The predicted molar refractivity (Wildman–Crippen MR) is 61.8 cm³/mol. The SMILES string of the molecule is O=C(N[C@H]1CCNC1)c1cc(F)cc([N+](=O)[O-])c1F. The lowest BCUT2D eigenvalue weighted by molar-refractivity contribution is -0.387. The minimum Gasteiger partial charge on any atom is -0.348 e. The number of hydrogen-bond donors (Lipinski definition) is 2. The maximum Gasteiger partial charge on any atom is 0.308 e. The van der Waals surface area contributed by atoms with E-state index in [1.54, 1.807) is 0 Å². The predicted octanol–water partition coefficient (Wildman–Crippen LogP) is 0.965. The van der Waals surface area contributed by atoms with Gasteiger partial charge in [0.1, 0.15) is 5.82 Å². The van der Waals surface area contributed by atoms with Gasteiger partial charge in [-0.2, -0.15) is 4.39 Å². The molecular formula is C11H11F2N3O3. The van der Waals surface area contributed by atoms with Crippen LogP contribution >= 0.6 is 0 Å². The van der Waals surface area contributed by atoms with Crippen molar-refractivity contribution in [2.24, 2.45) is 0 Å². The minimum absolute atomic E-state index is 0.186. The quantitative estimate of drug-likeness (QED) is 0.633. The molecule has 2 rings (SSSR count). The van der Waals surface area contributed by atoms with Gasteiger partial charge in [-0.3, -0.25) is 14.9 Å². The van der Waals surface area contributed by atoms with E-state index in [1.165, 1.54) is 0 Å². The second-order valence-electron chi connectivity index (χ2n) is 4.21. The summed E-state index contributed by atoms with van der Waals surface area (Å²) in [5, 5.41) is 16.0. The zero-order chi connectivity index (χ0) is 14.0. The normalized spacial score (nSPS) is 18.3. The van der Waals surface area contributed by atoms with E-state index in [-0.39, 0.29) is 6.04 Å².